The lowest BCUT2D eigenvalue weighted by Crippen LogP contribution is -2.52. The maximum atomic E-state index is 11.7. The van der Waals surface area contributed by atoms with E-state index in [1.54, 1.807) is 0 Å². The van der Waals surface area contributed by atoms with E-state index in [0.29, 0.717) is 6.42 Å². The van der Waals surface area contributed by atoms with Crippen LogP contribution in [-0.4, -0.2) is 30.1 Å². The second-order valence-corrected chi connectivity index (χ2v) is 4.93. The summed E-state index contributed by atoms with van der Waals surface area (Å²) in [6.07, 6.45) is 0.0108. The second-order valence-electron chi connectivity index (χ2n) is 4.93. The van der Waals surface area contributed by atoms with Crippen molar-refractivity contribution < 1.29 is 9.90 Å². The Hall–Kier alpha value is -1.39. The summed E-state index contributed by atoms with van der Waals surface area (Å²) in [6.45, 7) is 3.45. The topological polar surface area (TPSA) is 61.4 Å². The molecule has 1 saturated heterocycles. The Labute approximate surface area is 107 Å². The van der Waals surface area contributed by atoms with Crippen LogP contribution < -0.4 is 10.6 Å². The molecule has 0 saturated carbocycles. The molecule has 0 spiro atoms. The molecule has 4 heteroatoms. The van der Waals surface area contributed by atoms with Crippen molar-refractivity contribution in [1.82, 2.24) is 10.6 Å². The van der Waals surface area contributed by atoms with Crippen molar-refractivity contribution in [3.8, 4) is 0 Å². The number of benzene rings is 1. The molecule has 4 nitrogen and oxygen atoms in total. The van der Waals surface area contributed by atoms with Crippen LogP contribution in [0.15, 0.2) is 30.3 Å². The number of aliphatic hydroxyl groups is 1. The van der Waals surface area contributed by atoms with Gasteiger partial charge in [0.25, 0.3) is 0 Å². The molecule has 1 aromatic rings. The molecule has 0 aliphatic carbocycles. The van der Waals surface area contributed by atoms with Crippen molar-refractivity contribution in [3.63, 3.8) is 0 Å². The summed E-state index contributed by atoms with van der Waals surface area (Å²) >= 11 is 0. The van der Waals surface area contributed by atoms with E-state index in [0.717, 1.165) is 18.7 Å². The van der Waals surface area contributed by atoms with Crippen LogP contribution in [0.3, 0.4) is 0 Å². The molecule has 98 valence electrons. The van der Waals surface area contributed by atoms with Crippen LogP contribution in [0.4, 0.5) is 0 Å². The molecule has 1 amide bonds. The molecule has 1 aliphatic rings. The number of rotatable bonds is 5. The lowest BCUT2D eigenvalue weighted by Gasteiger charge is -2.28. The highest BCUT2D eigenvalue weighted by atomic mass is 16.3. The second kappa shape index (κ2) is 5.98. The van der Waals surface area contributed by atoms with E-state index < -0.39 is 6.10 Å². The Bertz CT molecular complexity index is 390. The van der Waals surface area contributed by atoms with Gasteiger partial charge in [-0.25, -0.2) is 0 Å². The van der Waals surface area contributed by atoms with E-state index in [4.69, 9.17) is 0 Å². The third-order valence-corrected chi connectivity index (χ3v) is 3.30. The van der Waals surface area contributed by atoms with Crippen LogP contribution in [0.2, 0.25) is 0 Å². The van der Waals surface area contributed by atoms with E-state index in [1.165, 1.54) is 0 Å². The molecule has 2 rings (SSSR count). The van der Waals surface area contributed by atoms with Crippen molar-refractivity contribution in [3.05, 3.63) is 35.9 Å². The lowest BCUT2D eigenvalue weighted by molar-refractivity contribution is -0.127. The zero-order valence-corrected chi connectivity index (χ0v) is 10.6. The predicted octanol–water partition coefficient (Wildman–Crippen LogP) is 0.834. The Morgan fingerprint density at radius 2 is 2.11 bits per heavy atom. The fraction of sp³-hybridized carbons (Fsp3) is 0.500. The van der Waals surface area contributed by atoms with Crippen LogP contribution in [-0.2, 0) is 4.79 Å². The number of carbonyl (C=O) groups excluding carboxylic acids is 1. The smallest absolute Gasteiger partial charge is 0.225 e. The molecule has 0 aromatic heterocycles. The minimum Gasteiger partial charge on any atom is -0.388 e. The van der Waals surface area contributed by atoms with Gasteiger partial charge in [0, 0.05) is 19.1 Å². The largest absolute Gasteiger partial charge is 0.388 e. The zero-order chi connectivity index (χ0) is 13.0. The lowest BCUT2D eigenvalue weighted by atomic mass is 10.00. The van der Waals surface area contributed by atoms with E-state index >= 15 is 0 Å². The van der Waals surface area contributed by atoms with E-state index in [1.807, 2.05) is 37.3 Å². The Morgan fingerprint density at radius 3 is 2.67 bits per heavy atom. The third kappa shape index (κ3) is 3.31. The van der Waals surface area contributed by atoms with Gasteiger partial charge in [0.2, 0.25) is 5.91 Å². The zero-order valence-electron chi connectivity index (χ0n) is 10.6. The molecule has 0 bridgehead atoms. The van der Waals surface area contributed by atoms with Crippen molar-refractivity contribution in [2.24, 2.45) is 5.92 Å². The summed E-state index contributed by atoms with van der Waals surface area (Å²) < 4.78 is 0. The van der Waals surface area contributed by atoms with Gasteiger partial charge < -0.3 is 15.7 Å². The SMILES string of the molecule is CC(CC(O)c1ccccc1)NC(=O)C1CNC1. The molecule has 1 fully saturated rings. The monoisotopic (exact) mass is 248 g/mol. The molecule has 3 N–H and O–H groups in total. The quantitative estimate of drug-likeness (QED) is 0.723. The normalized spacial score (nSPS) is 18.8. The van der Waals surface area contributed by atoms with Crippen LogP contribution in [0.1, 0.15) is 25.0 Å². The van der Waals surface area contributed by atoms with Gasteiger partial charge in [0.05, 0.1) is 12.0 Å². The van der Waals surface area contributed by atoms with Crippen LogP contribution >= 0.6 is 0 Å². The Balaban J connectivity index is 1.79. The molecule has 2 atom stereocenters. The number of carbonyl (C=O) groups is 1. The summed E-state index contributed by atoms with van der Waals surface area (Å²) in [5.74, 6) is 0.183. The fourth-order valence-electron chi connectivity index (χ4n) is 2.04. The van der Waals surface area contributed by atoms with Gasteiger partial charge in [0.1, 0.15) is 0 Å². The highest BCUT2D eigenvalue weighted by molar-refractivity contribution is 5.80. The highest BCUT2D eigenvalue weighted by Crippen LogP contribution is 2.18. The minimum absolute atomic E-state index is 0.0201. The molecular weight excluding hydrogens is 228 g/mol. The van der Waals surface area contributed by atoms with Gasteiger partial charge in [-0.3, -0.25) is 4.79 Å². The van der Waals surface area contributed by atoms with Gasteiger partial charge in [-0.1, -0.05) is 30.3 Å². The maximum Gasteiger partial charge on any atom is 0.225 e. The number of aliphatic hydroxyl groups excluding tert-OH is 1. The van der Waals surface area contributed by atoms with Crippen LogP contribution in [0, 0.1) is 5.92 Å². The number of nitrogens with one attached hydrogen (secondary N) is 2. The summed E-state index contributed by atoms with van der Waals surface area (Å²) in [4.78, 5) is 11.7. The maximum absolute atomic E-state index is 11.7. The first kappa shape index (κ1) is 13.1. The standard InChI is InChI=1S/C14H20N2O2/c1-10(16-14(18)12-8-15-9-12)7-13(17)11-5-3-2-4-6-11/h2-6,10,12-13,15,17H,7-9H2,1H3,(H,16,18). The predicted molar refractivity (Wildman–Crippen MR) is 70.0 cm³/mol. The first-order valence-corrected chi connectivity index (χ1v) is 6.41. The third-order valence-electron chi connectivity index (χ3n) is 3.30. The van der Waals surface area contributed by atoms with Crippen molar-refractivity contribution in [1.29, 1.82) is 0 Å². The molecule has 1 aliphatic heterocycles. The molecule has 1 heterocycles. The molecule has 2 unspecified atom stereocenters. The van der Waals surface area contributed by atoms with E-state index in [-0.39, 0.29) is 17.9 Å². The van der Waals surface area contributed by atoms with Crippen molar-refractivity contribution in [2.45, 2.75) is 25.5 Å². The van der Waals surface area contributed by atoms with Gasteiger partial charge in [-0.05, 0) is 18.9 Å². The molecular formula is C14H20N2O2. The first-order valence-electron chi connectivity index (χ1n) is 6.41. The minimum atomic E-state index is -0.527. The average Bonchev–Trinajstić information content (AvgIpc) is 2.27. The average molecular weight is 248 g/mol. The van der Waals surface area contributed by atoms with Gasteiger partial charge in [0.15, 0.2) is 0 Å². The molecule has 1 aromatic carbocycles. The number of hydrogen-bond acceptors (Lipinski definition) is 3. The van der Waals surface area contributed by atoms with E-state index in [2.05, 4.69) is 10.6 Å². The first-order chi connectivity index (χ1) is 8.66. The summed E-state index contributed by atoms with van der Waals surface area (Å²) in [5.41, 5.74) is 0.893. The fourth-order valence-corrected chi connectivity index (χ4v) is 2.04. The van der Waals surface area contributed by atoms with Gasteiger partial charge in [-0.15, -0.1) is 0 Å². The van der Waals surface area contributed by atoms with E-state index in [9.17, 15) is 9.90 Å². The van der Waals surface area contributed by atoms with Gasteiger partial charge in [-0.2, -0.15) is 0 Å². The van der Waals surface area contributed by atoms with Crippen LogP contribution in [0.5, 0.6) is 0 Å². The Kier molecular flexibility index (Phi) is 4.33. The van der Waals surface area contributed by atoms with Gasteiger partial charge >= 0.3 is 0 Å². The molecule has 18 heavy (non-hydrogen) atoms. The van der Waals surface area contributed by atoms with Crippen molar-refractivity contribution in [2.75, 3.05) is 13.1 Å². The summed E-state index contributed by atoms with van der Waals surface area (Å²) in [6, 6.07) is 9.51. The summed E-state index contributed by atoms with van der Waals surface area (Å²) in [5, 5.41) is 16.1. The molecule has 0 radical (unpaired) electrons. The number of amides is 1. The Morgan fingerprint density at radius 1 is 1.44 bits per heavy atom. The van der Waals surface area contributed by atoms with Crippen molar-refractivity contribution >= 4 is 5.91 Å². The summed E-state index contributed by atoms with van der Waals surface area (Å²) in [7, 11) is 0. The highest BCUT2D eigenvalue weighted by Gasteiger charge is 2.26. The number of hydrogen-bond donors (Lipinski definition) is 3. The van der Waals surface area contributed by atoms with Crippen LogP contribution in [0.25, 0.3) is 0 Å².